The van der Waals surface area contributed by atoms with Crippen LogP contribution < -0.4 is 5.32 Å². The average Bonchev–Trinajstić information content (AvgIpc) is 2.97. The fourth-order valence-electron chi connectivity index (χ4n) is 2.02. The molecular weight excluding hydrogens is 240 g/mol. The van der Waals surface area contributed by atoms with Crippen LogP contribution in [0.3, 0.4) is 0 Å². The van der Waals surface area contributed by atoms with Crippen molar-refractivity contribution in [2.75, 3.05) is 5.32 Å². The Morgan fingerprint density at radius 2 is 2.26 bits per heavy atom. The van der Waals surface area contributed by atoms with Gasteiger partial charge in [0.05, 0.1) is 6.33 Å². The molecule has 0 bridgehead atoms. The first-order valence-electron chi connectivity index (χ1n) is 6.26. The smallest absolute Gasteiger partial charge is 0.243 e. The van der Waals surface area contributed by atoms with Gasteiger partial charge in [0, 0.05) is 31.2 Å². The maximum atomic E-state index is 4.46. The largest absolute Gasteiger partial charge is 0.349 e. The highest BCUT2D eigenvalue weighted by molar-refractivity contribution is 5.45. The van der Waals surface area contributed by atoms with Gasteiger partial charge in [-0.2, -0.15) is 4.98 Å². The van der Waals surface area contributed by atoms with E-state index in [4.69, 9.17) is 0 Å². The lowest BCUT2D eigenvalue weighted by Gasteiger charge is -2.12. The van der Waals surface area contributed by atoms with Crippen LogP contribution in [0.1, 0.15) is 12.5 Å². The summed E-state index contributed by atoms with van der Waals surface area (Å²) in [5, 5.41) is 7.69. The summed E-state index contributed by atoms with van der Waals surface area (Å²) in [7, 11) is 0. The monoisotopic (exact) mass is 256 g/mol. The molecule has 0 saturated heterocycles. The van der Waals surface area contributed by atoms with Crippen LogP contribution in [0, 0.1) is 6.92 Å². The first-order valence-corrected chi connectivity index (χ1v) is 6.26. The molecule has 3 rings (SSSR count). The molecule has 6 heteroatoms. The number of aromatic nitrogens is 5. The summed E-state index contributed by atoms with van der Waals surface area (Å²) >= 11 is 0. The van der Waals surface area contributed by atoms with Crippen LogP contribution in [0.2, 0.25) is 0 Å². The lowest BCUT2D eigenvalue weighted by molar-refractivity contribution is 0.615. The Labute approximate surface area is 111 Å². The van der Waals surface area contributed by atoms with Crippen LogP contribution in [0.15, 0.2) is 37.1 Å². The summed E-state index contributed by atoms with van der Waals surface area (Å²) in [6.07, 6.45) is 7.44. The Balaban J connectivity index is 1.74. The number of aryl methyl sites for hydroxylation is 1. The molecule has 98 valence electrons. The third-order valence-electron chi connectivity index (χ3n) is 2.91. The summed E-state index contributed by atoms with van der Waals surface area (Å²) < 4.78 is 3.80. The van der Waals surface area contributed by atoms with Gasteiger partial charge in [-0.1, -0.05) is 0 Å². The molecule has 1 unspecified atom stereocenters. The second kappa shape index (κ2) is 4.72. The molecular formula is C13H16N6. The average molecular weight is 256 g/mol. The van der Waals surface area contributed by atoms with Crippen molar-refractivity contribution in [1.82, 2.24) is 24.1 Å². The highest BCUT2D eigenvalue weighted by Crippen LogP contribution is 2.09. The quantitative estimate of drug-likeness (QED) is 0.772. The molecule has 1 N–H and O–H groups in total. The van der Waals surface area contributed by atoms with Crippen molar-refractivity contribution in [3.63, 3.8) is 0 Å². The molecule has 0 saturated carbocycles. The van der Waals surface area contributed by atoms with E-state index in [0.29, 0.717) is 5.95 Å². The zero-order valence-corrected chi connectivity index (χ0v) is 11.0. The number of nitrogens with zero attached hydrogens (tertiary/aromatic N) is 5. The van der Waals surface area contributed by atoms with Crippen molar-refractivity contribution < 1.29 is 0 Å². The van der Waals surface area contributed by atoms with Gasteiger partial charge in [-0.15, -0.1) is 5.10 Å². The van der Waals surface area contributed by atoms with Gasteiger partial charge in [0.15, 0.2) is 5.65 Å². The normalized spacial score (nSPS) is 12.7. The van der Waals surface area contributed by atoms with E-state index in [9.17, 15) is 0 Å². The predicted octanol–water partition coefficient (Wildman–Crippen LogP) is 1.73. The van der Waals surface area contributed by atoms with E-state index in [1.54, 1.807) is 17.0 Å². The van der Waals surface area contributed by atoms with Crippen LogP contribution in [-0.2, 0) is 6.54 Å². The van der Waals surface area contributed by atoms with Gasteiger partial charge >= 0.3 is 0 Å². The van der Waals surface area contributed by atoms with Crippen molar-refractivity contribution in [3.05, 3.63) is 42.6 Å². The summed E-state index contributed by atoms with van der Waals surface area (Å²) in [6.45, 7) is 4.97. The number of hydrogen-bond acceptors (Lipinski definition) is 4. The van der Waals surface area contributed by atoms with E-state index >= 15 is 0 Å². The Morgan fingerprint density at radius 3 is 3.05 bits per heavy atom. The molecule has 0 aliphatic heterocycles. The Hall–Kier alpha value is -2.37. The van der Waals surface area contributed by atoms with E-state index in [1.165, 1.54) is 5.56 Å². The van der Waals surface area contributed by atoms with Crippen molar-refractivity contribution in [1.29, 1.82) is 0 Å². The van der Waals surface area contributed by atoms with Crippen molar-refractivity contribution >= 4 is 11.6 Å². The van der Waals surface area contributed by atoms with Gasteiger partial charge in [-0.25, -0.2) is 9.50 Å². The first-order chi connectivity index (χ1) is 9.20. The van der Waals surface area contributed by atoms with E-state index in [0.717, 1.165) is 12.2 Å². The Bertz CT molecular complexity index is 670. The first kappa shape index (κ1) is 11.7. The molecule has 0 amide bonds. The van der Waals surface area contributed by atoms with E-state index in [-0.39, 0.29) is 6.04 Å². The van der Waals surface area contributed by atoms with Gasteiger partial charge in [0.25, 0.3) is 0 Å². The number of fused-ring (bicyclic) bond motifs is 1. The summed E-state index contributed by atoms with van der Waals surface area (Å²) in [6, 6.07) is 4.26. The fourth-order valence-corrected chi connectivity index (χ4v) is 2.02. The summed E-state index contributed by atoms with van der Waals surface area (Å²) in [5.41, 5.74) is 2.04. The van der Waals surface area contributed by atoms with Gasteiger partial charge in [-0.05, 0) is 31.5 Å². The third-order valence-corrected chi connectivity index (χ3v) is 2.91. The number of rotatable bonds is 4. The van der Waals surface area contributed by atoms with E-state index in [1.807, 2.05) is 36.0 Å². The maximum Gasteiger partial charge on any atom is 0.243 e. The lowest BCUT2D eigenvalue weighted by atomic mass is 10.3. The number of pyridine rings is 1. The highest BCUT2D eigenvalue weighted by Gasteiger charge is 2.07. The van der Waals surface area contributed by atoms with E-state index < -0.39 is 0 Å². The summed E-state index contributed by atoms with van der Waals surface area (Å²) in [4.78, 5) is 8.49. The molecule has 19 heavy (non-hydrogen) atoms. The minimum absolute atomic E-state index is 0.229. The second-order valence-corrected chi connectivity index (χ2v) is 4.75. The molecule has 3 aromatic heterocycles. The van der Waals surface area contributed by atoms with E-state index in [2.05, 4.69) is 27.3 Å². The lowest BCUT2D eigenvalue weighted by Crippen LogP contribution is -2.22. The zero-order chi connectivity index (χ0) is 13.2. The number of imidazole rings is 1. The van der Waals surface area contributed by atoms with Crippen LogP contribution in [-0.4, -0.2) is 30.2 Å². The molecule has 0 aliphatic carbocycles. The molecule has 0 spiro atoms. The second-order valence-electron chi connectivity index (χ2n) is 4.75. The third kappa shape index (κ3) is 2.57. The summed E-state index contributed by atoms with van der Waals surface area (Å²) in [5.74, 6) is 0.651. The Morgan fingerprint density at radius 1 is 1.37 bits per heavy atom. The molecule has 3 aromatic rings. The van der Waals surface area contributed by atoms with Gasteiger partial charge in [0.2, 0.25) is 5.95 Å². The van der Waals surface area contributed by atoms with Gasteiger partial charge in [-0.3, -0.25) is 0 Å². The van der Waals surface area contributed by atoms with Crippen LogP contribution in [0.4, 0.5) is 5.95 Å². The molecule has 6 nitrogen and oxygen atoms in total. The fraction of sp³-hybridized carbons (Fsp3) is 0.308. The van der Waals surface area contributed by atoms with Crippen LogP contribution in [0.5, 0.6) is 0 Å². The van der Waals surface area contributed by atoms with Crippen molar-refractivity contribution in [2.24, 2.45) is 0 Å². The van der Waals surface area contributed by atoms with Crippen LogP contribution >= 0.6 is 0 Å². The van der Waals surface area contributed by atoms with Gasteiger partial charge in [0.1, 0.15) is 0 Å². The minimum atomic E-state index is 0.229. The standard InChI is InChI=1S/C13H16N6/c1-10-3-5-19-12(7-10)16-13(17-19)15-11(2)8-18-6-4-14-9-18/h3-7,9,11H,8H2,1-2H3,(H,15,17). The number of nitrogens with one attached hydrogen (secondary N) is 1. The van der Waals surface area contributed by atoms with Crippen molar-refractivity contribution in [2.45, 2.75) is 26.4 Å². The molecule has 0 aromatic carbocycles. The van der Waals surface area contributed by atoms with Gasteiger partial charge < -0.3 is 9.88 Å². The predicted molar refractivity (Wildman–Crippen MR) is 73.0 cm³/mol. The number of hydrogen-bond donors (Lipinski definition) is 1. The minimum Gasteiger partial charge on any atom is -0.349 e. The van der Waals surface area contributed by atoms with Crippen LogP contribution in [0.25, 0.3) is 5.65 Å². The molecule has 0 radical (unpaired) electrons. The SMILES string of the molecule is Cc1ccn2nc(NC(C)Cn3ccnc3)nc2c1. The topological polar surface area (TPSA) is 60.0 Å². The maximum absolute atomic E-state index is 4.46. The van der Waals surface area contributed by atoms with Crippen molar-refractivity contribution in [3.8, 4) is 0 Å². The molecule has 0 aliphatic rings. The Kier molecular flexibility index (Phi) is 2.91. The molecule has 3 heterocycles. The number of anilines is 1. The zero-order valence-electron chi connectivity index (χ0n) is 11.0. The molecule has 1 atom stereocenters. The molecule has 0 fully saturated rings. The highest BCUT2D eigenvalue weighted by atomic mass is 15.3.